The number of aryl methyl sites for hydroxylation is 2. The Labute approximate surface area is 50.2 Å². The summed E-state index contributed by atoms with van der Waals surface area (Å²) in [6.07, 6.45) is 0. The third-order valence-electron chi connectivity index (χ3n) is 1.43. The van der Waals surface area contributed by atoms with Crippen LogP contribution in [0.3, 0.4) is 0 Å². The van der Waals surface area contributed by atoms with E-state index in [0.717, 1.165) is 0 Å². The Kier molecular flexibility index (Phi) is 1.34. The molecule has 0 saturated heterocycles. The Balaban J connectivity index is 3.13. The highest BCUT2D eigenvalue weighted by Gasteiger charge is 1.83. The van der Waals surface area contributed by atoms with Crippen LogP contribution in [0.15, 0.2) is 24.3 Å². The second-order valence-corrected chi connectivity index (χ2v) is 2.08. The molecule has 0 radical (unpaired) electrons. The summed E-state index contributed by atoms with van der Waals surface area (Å²) in [6.45, 7) is 4.24. The van der Waals surface area contributed by atoms with E-state index in [1.165, 1.54) is 11.1 Å². The molecule has 1 rings (SSSR count). The van der Waals surface area contributed by atoms with Crippen LogP contribution in [0.2, 0.25) is 0 Å². The summed E-state index contributed by atoms with van der Waals surface area (Å²) >= 11 is 0. The summed E-state index contributed by atoms with van der Waals surface area (Å²) in [5.74, 6) is 0. The van der Waals surface area contributed by atoms with E-state index in [-0.39, 0.29) is 0 Å². The lowest BCUT2D eigenvalue weighted by molar-refractivity contribution is 1.34. The van der Waals surface area contributed by atoms with Gasteiger partial charge >= 0.3 is 0 Å². The van der Waals surface area contributed by atoms with Gasteiger partial charge in [-0.25, -0.2) is 0 Å². The van der Waals surface area contributed by atoms with Crippen LogP contribution in [0.4, 0.5) is 0 Å². The molecular weight excluding hydrogens is 98.1 g/mol. The topological polar surface area (TPSA) is 0 Å². The first-order valence-corrected chi connectivity index (χ1v) is 2.83. The molecule has 0 nitrogen and oxygen atoms in total. The highest BCUT2D eigenvalue weighted by atomic mass is 14.1. The molecule has 0 atom stereocenters. The van der Waals surface area contributed by atoms with Gasteiger partial charge in [0.15, 0.2) is 0 Å². The number of hydrogen-bond acceptors (Lipinski definition) is 0. The van der Waals surface area contributed by atoms with Gasteiger partial charge in [0.1, 0.15) is 0 Å². The van der Waals surface area contributed by atoms with Gasteiger partial charge in [0.2, 0.25) is 0 Å². The van der Waals surface area contributed by atoms with E-state index in [0.29, 0.717) is 0 Å². The van der Waals surface area contributed by atoms with Crippen LogP contribution in [0, 0.1) is 13.8 Å². The first kappa shape index (κ1) is 5.36. The fourth-order valence-electron chi connectivity index (χ4n) is 0.663. The fourth-order valence-corrected chi connectivity index (χ4v) is 0.663. The number of rotatable bonds is 0. The lowest BCUT2D eigenvalue weighted by Gasteiger charge is -1.93. The van der Waals surface area contributed by atoms with Crippen molar-refractivity contribution in [1.29, 1.82) is 0 Å². The molecule has 0 saturated carbocycles. The molecule has 0 amide bonds. The molecule has 42 valence electrons. The summed E-state index contributed by atoms with van der Waals surface area (Å²) in [5.41, 5.74) is 2.74. The minimum absolute atomic E-state index is 1.37. The van der Waals surface area contributed by atoms with Crippen LogP contribution in [0.25, 0.3) is 0 Å². The molecule has 0 aliphatic carbocycles. The summed E-state index contributed by atoms with van der Waals surface area (Å²) in [7, 11) is 0. The first-order chi connectivity index (χ1) is 3.80. The van der Waals surface area contributed by atoms with Crippen molar-refractivity contribution < 1.29 is 0 Å². The van der Waals surface area contributed by atoms with Crippen LogP contribution < -0.4 is 0 Å². The van der Waals surface area contributed by atoms with Gasteiger partial charge in [-0.15, -0.1) is 0 Å². The van der Waals surface area contributed by atoms with Gasteiger partial charge in [0, 0.05) is 0 Å². The molecule has 0 heterocycles. The molecule has 8 heavy (non-hydrogen) atoms. The molecule has 0 unspecified atom stereocenters. The third-order valence-corrected chi connectivity index (χ3v) is 1.43. The summed E-state index contributed by atoms with van der Waals surface area (Å²) < 4.78 is 0. The molecule has 0 N–H and O–H groups in total. The predicted octanol–water partition coefficient (Wildman–Crippen LogP) is 2.30. The molecule has 1 aromatic rings. The summed E-state index contributed by atoms with van der Waals surface area (Å²) in [6, 6.07) is 8.36. The highest BCUT2D eigenvalue weighted by molar-refractivity contribution is 5.23. The Morgan fingerprint density at radius 2 is 1.25 bits per heavy atom. The lowest BCUT2D eigenvalue weighted by Crippen LogP contribution is -1.74. The van der Waals surface area contributed by atoms with Crippen LogP contribution in [-0.4, -0.2) is 0 Å². The summed E-state index contributed by atoms with van der Waals surface area (Å²) in [4.78, 5) is 0. The second kappa shape index (κ2) is 1.99. The van der Waals surface area contributed by atoms with Gasteiger partial charge < -0.3 is 0 Å². The minimum Gasteiger partial charge on any atom is -0.0620 e. The maximum absolute atomic E-state index is 2.12. The maximum atomic E-state index is 2.12. The molecule has 0 aliphatic rings. The van der Waals surface area contributed by atoms with E-state index in [2.05, 4.69) is 38.1 Å². The number of hydrogen-bond donors (Lipinski definition) is 0. The van der Waals surface area contributed by atoms with Gasteiger partial charge in [-0.05, 0) is 25.0 Å². The standard InChI is InChI=1S/C8H10/c1-7-5-3-4-6-8(7)2/h3-6H,1-2H3/i1+1,2+1. The van der Waals surface area contributed by atoms with Crippen LogP contribution in [-0.2, 0) is 0 Å². The van der Waals surface area contributed by atoms with Crippen molar-refractivity contribution in [2.45, 2.75) is 13.8 Å². The van der Waals surface area contributed by atoms with Crippen molar-refractivity contribution in [2.75, 3.05) is 0 Å². The highest BCUT2D eigenvalue weighted by Crippen LogP contribution is 2.02. The molecule has 0 heteroatoms. The summed E-state index contributed by atoms with van der Waals surface area (Å²) in [5, 5.41) is 0. The van der Waals surface area contributed by atoms with Gasteiger partial charge in [-0.2, -0.15) is 0 Å². The van der Waals surface area contributed by atoms with Crippen molar-refractivity contribution in [2.24, 2.45) is 0 Å². The van der Waals surface area contributed by atoms with Gasteiger partial charge in [0.05, 0.1) is 0 Å². The van der Waals surface area contributed by atoms with Crippen LogP contribution >= 0.6 is 0 Å². The smallest absolute Gasteiger partial charge is 0.0395 e. The van der Waals surface area contributed by atoms with Crippen molar-refractivity contribution in [1.82, 2.24) is 0 Å². The molecule has 1 aromatic carbocycles. The van der Waals surface area contributed by atoms with Crippen molar-refractivity contribution in [3.8, 4) is 0 Å². The largest absolute Gasteiger partial charge is 0.0620 e. The Morgan fingerprint density at radius 1 is 0.875 bits per heavy atom. The van der Waals surface area contributed by atoms with E-state index in [9.17, 15) is 0 Å². The molecule has 0 aliphatic heterocycles. The van der Waals surface area contributed by atoms with Crippen LogP contribution in [0.1, 0.15) is 11.1 Å². The van der Waals surface area contributed by atoms with Crippen molar-refractivity contribution >= 4 is 0 Å². The van der Waals surface area contributed by atoms with E-state index in [1.807, 2.05) is 0 Å². The van der Waals surface area contributed by atoms with Gasteiger partial charge in [-0.1, -0.05) is 24.3 Å². The SMILES string of the molecule is [13CH3]c1ccccc1[13CH3]. The molecule has 0 bridgehead atoms. The van der Waals surface area contributed by atoms with Crippen molar-refractivity contribution in [3.05, 3.63) is 35.4 Å². The molecular formula is C8H10. The zero-order valence-corrected chi connectivity index (χ0v) is 5.31. The predicted molar refractivity (Wildman–Crippen MR) is 35.9 cm³/mol. The Hall–Kier alpha value is -0.780. The Bertz CT molecular complexity index is 156. The second-order valence-electron chi connectivity index (χ2n) is 2.08. The van der Waals surface area contributed by atoms with E-state index >= 15 is 0 Å². The lowest BCUT2D eigenvalue weighted by atomic mass is 10.2. The Morgan fingerprint density at radius 3 is 1.50 bits per heavy atom. The quantitative estimate of drug-likeness (QED) is 0.447. The third kappa shape index (κ3) is 0.890. The van der Waals surface area contributed by atoms with E-state index < -0.39 is 0 Å². The fraction of sp³-hybridized carbons (Fsp3) is 0.250. The van der Waals surface area contributed by atoms with Gasteiger partial charge in [-0.3, -0.25) is 0 Å². The molecule has 0 fully saturated rings. The first-order valence-electron chi connectivity index (χ1n) is 2.83. The molecule has 0 aromatic heterocycles. The normalized spacial score (nSPS) is 9.25. The average Bonchev–Trinajstić information content (AvgIpc) is 1.77. The molecule has 0 spiro atoms. The number of benzene rings is 1. The van der Waals surface area contributed by atoms with Gasteiger partial charge in [0.25, 0.3) is 0 Å². The average molecular weight is 108 g/mol. The zero-order valence-electron chi connectivity index (χ0n) is 5.31. The zero-order chi connectivity index (χ0) is 5.98. The minimum atomic E-state index is 1.37. The maximum Gasteiger partial charge on any atom is -0.0395 e. The monoisotopic (exact) mass is 108 g/mol. The van der Waals surface area contributed by atoms with Crippen LogP contribution in [0.5, 0.6) is 0 Å². The van der Waals surface area contributed by atoms with E-state index in [4.69, 9.17) is 0 Å². The van der Waals surface area contributed by atoms with Crippen molar-refractivity contribution in [3.63, 3.8) is 0 Å². The van der Waals surface area contributed by atoms with E-state index in [1.54, 1.807) is 0 Å².